The number of thioether (sulfide) groups is 1. The lowest BCUT2D eigenvalue weighted by molar-refractivity contribution is 0.515. The van der Waals surface area contributed by atoms with E-state index in [1.54, 1.807) is 0 Å². The fourth-order valence-corrected chi connectivity index (χ4v) is 3.71. The first kappa shape index (κ1) is 15.4. The third kappa shape index (κ3) is 4.01. The largest absolute Gasteiger partial charge is 0.373 e. The van der Waals surface area contributed by atoms with E-state index in [9.17, 15) is 0 Å². The summed E-state index contributed by atoms with van der Waals surface area (Å²) in [6.45, 7) is 5.28. The Morgan fingerprint density at radius 2 is 1.90 bits per heavy atom. The van der Waals surface area contributed by atoms with Gasteiger partial charge >= 0.3 is 0 Å². The van der Waals surface area contributed by atoms with Gasteiger partial charge in [0.1, 0.15) is 17.5 Å². The van der Waals surface area contributed by atoms with Crippen LogP contribution < -0.4 is 10.6 Å². The molecule has 1 aromatic heterocycles. The SMILES string of the molecule is CCCc1nc(NC)c(C)c(NCC2CCSCC2)n1. The van der Waals surface area contributed by atoms with E-state index in [2.05, 4.69) is 46.2 Å². The van der Waals surface area contributed by atoms with Crippen LogP contribution in [0, 0.1) is 12.8 Å². The van der Waals surface area contributed by atoms with E-state index >= 15 is 0 Å². The zero-order valence-corrected chi connectivity index (χ0v) is 13.6. The van der Waals surface area contributed by atoms with Crippen molar-refractivity contribution in [2.45, 2.75) is 39.5 Å². The van der Waals surface area contributed by atoms with Crippen molar-refractivity contribution in [1.82, 2.24) is 9.97 Å². The Morgan fingerprint density at radius 1 is 1.20 bits per heavy atom. The molecule has 0 radical (unpaired) electrons. The average molecular weight is 294 g/mol. The van der Waals surface area contributed by atoms with Gasteiger partial charge in [-0.3, -0.25) is 0 Å². The molecule has 20 heavy (non-hydrogen) atoms. The lowest BCUT2D eigenvalue weighted by Crippen LogP contribution is -2.20. The minimum absolute atomic E-state index is 0.790. The summed E-state index contributed by atoms with van der Waals surface area (Å²) in [5.41, 5.74) is 1.12. The second kappa shape index (κ2) is 7.72. The fraction of sp³-hybridized carbons (Fsp3) is 0.733. The zero-order valence-electron chi connectivity index (χ0n) is 12.8. The number of anilines is 2. The summed E-state index contributed by atoms with van der Waals surface area (Å²) >= 11 is 2.08. The number of rotatable bonds is 6. The molecule has 0 atom stereocenters. The number of hydrogen-bond donors (Lipinski definition) is 2. The number of aromatic nitrogens is 2. The molecule has 1 aromatic rings. The van der Waals surface area contributed by atoms with Crippen LogP contribution in [0.15, 0.2) is 0 Å². The molecule has 0 spiro atoms. The van der Waals surface area contributed by atoms with Crippen molar-refractivity contribution in [2.24, 2.45) is 5.92 Å². The van der Waals surface area contributed by atoms with Gasteiger partial charge in [0.2, 0.25) is 0 Å². The molecule has 2 N–H and O–H groups in total. The van der Waals surface area contributed by atoms with Crippen LogP contribution in [-0.2, 0) is 6.42 Å². The molecule has 2 rings (SSSR count). The van der Waals surface area contributed by atoms with Crippen molar-refractivity contribution in [1.29, 1.82) is 0 Å². The first-order valence-corrected chi connectivity index (χ1v) is 8.77. The molecule has 5 heteroatoms. The molecule has 1 aliphatic rings. The maximum absolute atomic E-state index is 4.69. The maximum atomic E-state index is 4.69. The predicted octanol–water partition coefficient (Wildman–Crippen LogP) is 3.33. The Labute approximate surface area is 126 Å². The summed E-state index contributed by atoms with van der Waals surface area (Å²) in [5, 5.41) is 6.73. The van der Waals surface area contributed by atoms with Gasteiger partial charge in [-0.05, 0) is 43.6 Å². The Bertz CT molecular complexity index is 430. The standard InChI is InChI=1S/C15H26N4S/c1-4-5-13-18-14(16-3)11(2)15(19-13)17-10-12-6-8-20-9-7-12/h12H,4-10H2,1-3H3,(H2,16,17,18,19). The van der Waals surface area contributed by atoms with Crippen LogP contribution in [0.1, 0.15) is 37.6 Å². The average Bonchev–Trinajstić information content (AvgIpc) is 2.48. The summed E-state index contributed by atoms with van der Waals surface area (Å²) in [7, 11) is 1.92. The Morgan fingerprint density at radius 3 is 2.55 bits per heavy atom. The van der Waals surface area contributed by atoms with Gasteiger partial charge in [-0.2, -0.15) is 11.8 Å². The smallest absolute Gasteiger partial charge is 0.134 e. The van der Waals surface area contributed by atoms with Crippen molar-refractivity contribution in [3.05, 3.63) is 11.4 Å². The van der Waals surface area contributed by atoms with Gasteiger partial charge in [0.05, 0.1) is 0 Å². The second-order valence-corrected chi connectivity index (χ2v) is 6.62. The summed E-state index contributed by atoms with van der Waals surface area (Å²) in [6, 6.07) is 0. The van der Waals surface area contributed by atoms with Crippen LogP contribution in [0.5, 0.6) is 0 Å². The summed E-state index contributed by atoms with van der Waals surface area (Å²) < 4.78 is 0. The normalized spacial score (nSPS) is 16.1. The van der Waals surface area contributed by atoms with E-state index in [0.717, 1.165) is 48.3 Å². The van der Waals surface area contributed by atoms with Crippen LogP contribution in [0.3, 0.4) is 0 Å². The van der Waals surface area contributed by atoms with Crippen LogP contribution in [0.2, 0.25) is 0 Å². The third-order valence-corrected chi connectivity index (χ3v) is 4.85. The third-order valence-electron chi connectivity index (χ3n) is 3.80. The number of nitrogens with one attached hydrogen (secondary N) is 2. The highest BCUT2D eigenvalue weighted by atomic mass is 32.2. The first-order valence-electron chi connectivity index (χ1n) is 7.61. The van der Waals surface area contributed by atoms with E-state index in [0.29, 0.717) is 0 Å². The topological polar surface area (TPSA) is 49.8 Å². The van der Waals surface area contributed by atoms with Crippen molar-refractivity contribution < 1.29 is 0 Å². The van der Waals surface area contributed by atoms with Gasteiger partial charge in [0.15, 0.2) is 0 Å². The molecule has 1 saturated heterocycles. The monoisotopic (exact) mass is 294 g/mol. The van der Waals surface area contributed by atoms with Crippen LogP contribution in [0.25, 0.3) is 0 Å². The molecular weight excluding hydrogens is 268 g/mol. The van der Waals surface area contributed by atoms with Crippen LogP contribution in [-0.4, -0.2) is 35.1 Å². The molecule has 112 valence electrons. The van der Waals surface area contributed by atoms with E-state index in [1.165, 1.54) is 24.3 Å². The van der Waals surface area contributed by atoms with Crippen LogP contribution >= 0.6 is 11.8 Å². The van der Waals surface area contributed by atoms with Gasteiger partial charge in [-0.15, -0.1) is 0 Å². The van der Waals surface area contributed by atoms with Crippen LogP contribution in [0.4, 0.5) is 11.6 Å². The van der Waals surface area contributed by atoms with Crippen molar-refractivity contribution in [2.75, 3.05) is 35.7 Å². The molecule has 0 saturated carbocycles. The molecule has 4 nitrogen and oxygen atoms in total. The quantitative estimate of drug-likeness (QED) is 0.843. The Kier molecular flexibility index (Phi) is 5.95. The van der Waals surface area contributed by atoms with Crippen molar-refractivity contribution in [3.63, 3.8) is 0 Å². The fourth-order valence-electron chi connectivity index (χ4n) is 2.51. The van der Waals surface area contributed by atoms with Gasteiger partial charge in [0, 0.05) is 25.6 Å². The van der Waals surface area contributed by atoms with E-state index in [-0.39, 0.29) is 0 Å². The number of aryl methyl sites for hydroxylation is 1. The number of nitrogens with zero attached hydrogens (tertiary/aromatic N) is 2. The van der Waals surface area contributed by atoms with E-state index in [4.69, 9.17) is 0 Å². The zero-order chi connectivity index (χ0) is 14.4. The summed E-state index contributed by atoms with van der Waals surface area (Å²) in [6.07, 6.45) is 4.65. The molecule has 0 amide bonds. The van der Waals surface area contributed by atoms with Gasteiger partial charge in [-0.25, -0.2) is 9.97 Å². The van der Waals surface area contributed by atoms with Gasteiger partial charge in [-0.1, -0.05) is 6.92 Å². The lowest BCUT2D eigenvalue weighted by atomic mass is 10.0. The first-order chi connectivity index (χ1) is 9.74. The summed E-state index contributed by atoms with van der Waals surface area (Å²) in [5.74, 6) is 6.29. The molecule has 2 heterocycles. The van der Waals surface area contributed by atoms with E-state index < -0.39 is 0 Å². The molecule has 1 fully saturated rings. The molecule has 0 unspecified atom stereocenters. The molecule has 0 aliphatic carbocycles. The molecule has 1 aliphatic heterocycles. The van der Waals surface area contributed by atoms with Gasteiger partial charge < -0.3 is 10.6 Å². The summed E-state index contributed by atoms with van der Waals surface area (Å²) in [4.78, 5) is 9.26. The minimum atomic E-state index is 0.790. The lowest BCUT2D eigenvalue weighted by Gasteiger charge is -2.22. The maximum Gasteiger partial charge on any atom is 0.134 e. The highest BCUT2D eigenvalue weighted by Gasteiger charge is 2.15. The molecular formula is C15H26N4S. The second-order valence-electron chi connectivity index (χ2n) is 5.40. The molecule has 0 aromatic carbocycles. The van der Waals surface area contributed by atoms with Crippen molar-refractivity contribution >= 4 is 23.4 Å². The highest BCUT2D eigenvalue weighted by Crippen LogP contribution is 2.25. The minimum Gasteiger partial charge on any atom is -0.373 e. The predicted molar refractivity (Wildman–Crippen MR) is 88.8 cm³/mol. The Balaban J connectivity index is 2.06. The highest BCUT2D eigenvalue weighted by molar-refractivity contribution is 7.99. The molecule has 0 bridgehead atoms. The Hall–Kier alpha value is -0.970. The number of hydrogen-bond acceptors (Lipinski definition) is 5. The van der Waals surface area contributed by atoms with Crippen molar-refractivity contribution in [3.8, 4) is 0 Å². The van der Waals surface area contributed by atoms with E-state index in [1.807, 2.05) is 7.05 Å². The van der Waals surface area contributed by atoms with Gasteiger partial charge in [0.25, 0.3) is 0 Å².